The van der Waals surface area contributed by atoms with Gasteiger partial charge < -0.3 is 19.7 Å². The Morgan fingerprint density at radius 1 is 0.833 bits per heavy atom. The number of fused-ring (bicyclic) bond motifs is 2. The third-order valence-corrected chi connectivity index (χ3v) is 7.91. The normalized spacial score (nSPS) is 22.6. The molecule has 0 saturated carbocycles. The van der Waals surface area contributed by atoms with Gasteiger partial charge in [-0.2, -0.15) is 26.3 Å². The van der Waals surface area contributed by atoms with Crippen LogP contribution >= 0.6 is 0 Å². The van der Waals surface area contributed by atoms with E-state index in [9.17, 15) is 31.4 Å². The number of alkyl halides is 6. The van der Waals surface area contributed by atoms with Crippen molar-refractivity contribution < 1.29 is 55.7 Å². The number of rotatable bonds is 3. The molecule has 0 radical (unpaired) electrons. The van der Waals surface area contributed by atoms with Crippen LogP contribution in [0.25, 0.3) is 0 Å². The van der Waals surface area contributed by atoms with Gasteiger partial charge in [0.15, 0.2) is 0 Å². The first-order chi connectivity index (χ1) is 19.7. The Morgan fingerprint density at radius 3 is 1.83 bits per heavy atom. The van der Waals surface area contributed by atoms with E-state index in [1.165, 1.54) is 36.8 Å². The molecule has 8 nitrogen and oxygen atoms in total. The highest BCUT2D eigenvalue weighted by Crippen LogP contribution is 2.53. The molecule has 5 rings (SSSR count). The number of aliphatic hydroxyl groups excluding tert-OH is 1. The molecule has 1 spiro atoms. The molecule has 234 valence electrons. The topological polar surface area (TPSA) is 114 Å². The number of aliphatic hydroxyl groups is 1. The van der Waals surface area contributed by atoms with Crippen molar-refractivity contribution in [2.24, 2.45) is 0 Å². The van der Waals surface area contributed by atoms with Gasteiger partial charge in [-0.05, 0) is 75.1 Å². The van der Waals surface area contributed by atoms with Gasteiger partial charge in [-0.25, -0.2) is 9.59 Å². The van der Waals surface area contributed by atoms with Crippen molar-refractivity contribution in [3.8, 4) is 0 Å². The van der Waals surface area contributed by atoms with E-state index in [-0.39, 0.29) is 17.6 Å². The minimum Gasteiger partial charge on any atom is -0.475 e. The smallest absolute Gasteiger partial charge is 0.475 e. The molecule has 0 amide bonds. The molecule has 2 aliphatic heterocycles. The fraction of sp³-hybridized carbons (Fsp3) is 0.571. The Kier molecular flexibility index (Phi) is 11.1. The Hall–Kier alpha value is -3.10. The SMILES string of the molecule is O=C(O)C(F)(F)F.O=C(O)C(F)(F)F.O[C@H]1[C@H](N2CCCCCC2)c2ccccc2C12CCN(Cc1ccco1)CC2. The summed E-state index contributed by atoms with van der Waals surface area (Å²) in [7, 11) is 0. The molecule has 2 saturated heterocycles. The summed E-state index contributed by atoms with van der Waals surface area (Å²) in [6.45, 7) is 5.14. The van der Waals surface area contributed by atoms with Crippen molar-refractivity contribution in [2.45, 2.75) is 75.0 Å². The van der Waals surface area contributed by atoms with Gasteiger partial charge in [0.25, 0.3) is 0 Å². The third-order valence-electron chi connectivity index (χ3n) is 7.91. The van der Waals surface area contributed by atoms with Crippen molar-refractivity contribution in [3.05, 3.63) is 59.5 Å². The summed E-state index contributed by atoms with van der Waals surface area (Å²) >= 11 is 0. The number of halogens is 6. The molecule has 0 unspecified atom stereocenters. The van der Waals surface area contributed by atoms with Gasteiger partial charge in [0, 0.05) is 5.41 Å². The van der Waals surface area contributed by atoms with Gasteiger partial charge in [-0.15, -0.1) is 0 Å². The highest BCUT2D eigenvalue weighted by molar-refractivity contribution is 5.73. The van der Waals surface area contributed by atoms with Gasteiger partial charge in [0.2, 0.25) is 0 Å². The van der Waals surface area contributed by atoms with Crippen molar-refractivity contribution >= 4 is 11.9 Å². The van der Waals surface area contributed by atoms with E-state index in [1.807, 2.05) is 6.07 Å². The largest absolute Gasteiger partial charge is 0.490 e. The number of furan rings is 1. The number of piperidine rings is 1. The molecule has 2 fully saturated rings. The molecule has 42 heavy (non-hydrogen) atoms. The van der Waals surface area contributed by atoms with Crippen molar-refractivity contribution in [1.82, 2.24) is 9.80 Å². The van der Waals surface area contributed by atoms with Crippen molar-refractivity contribution in [2.75, 3.05) is 26.2 Å². The zero-order chi connectivity index (χ0) is 31.1. The predicted octanol–water partition coefficient (Wildman–Crippen LogP) is 5.37. The number of nitrogens with zero attached hydrogens (tertiary/aromatic N) is 2. The molecule has 1 aliphatic carbocycles. The van der Waals surface area contributed by atoms with E-state index < -0.39 is 24.3 Å². The van der Waals surface area contributed by atoms with E-state index in [0.717, 1.165) is 51.3 Å². The highest BCUT2D eigenvalue weighted by atomic mass is 19.4. The van der Waals surface area contributed by atoms with Crippen LogP contribution in [-0.2, 0) is 21.5 Å². The molecule has 14 heteroatoms. The number of hydrogen-bond acceptors (Lipinski definition) is 6. The maximum absolute atomic E-state index is 11.7. The maximum Gasteiger partial charge on any atom is 0.490 e. The summed E-state index contributed by atoms with van der Waals surface area (Å²) in [5.74, 6) is -4.48. The zero-order valence-corrected chi connectivity index (χ0v) is 22.7. The number of aliphatic carboxylic acids is 2. The third kappa shape index (κ3) is 8.26. The standard InChI is InChI=1S/C24H32N2O2.2C2HF3O2/c27-23-22(26-13-5-1-2-6-14-26)20-9-3-4-10-21(20)24(23)11-15-25(16-12-24)18-19-8-7-17-28-19;2*3-2(4,5)1(6)7/h3-4,7-10,17,22-23,27H,1-2,5-6,11-16,18H2;2*(H,6,7)/t22-,23+;;/m1../s1. The minimum absolute atomic E-state index is 0.0901. The second-order valence-corrected chi connectivity index (χ2v) is 10.5. The van der Waals surface area contributed by atoms with E-state index in [2.05, 4.69) is 40.1 Å². The van der Waals surface area contributed by atoms with Crippen LogP contribution in [-0.4, -0.2) is 81.7 Å². The summed E-state index contributed by atoms with van der Waals surface area (Å²) in [5.41, 5.74) is 2.71. The molecule has 3 heterocycles. The van der Waals surface area contributed by atoms with Crippen LogP contribution in [0.5, 0.6) is 0 Å². The predicted molar refractivity (Wildman–Crippen MR) is 138 cm³/mol. The second-order valence-electron chi connectivity index (χ2n) is 10.5. The van der Waals surface area contributed by atoms with E-state index in [0.29, 0.717) is 0 Å². The first kappa shape index (κ1) is 33.4. The average Bonchev–Trinajstić information content (AvgIpc) is 3.40. The van der Waals surface area contributed by atoms with Gasteiger partial charge in [0.1, 0.15) is 5.76 Å². The fourth-order valence-electron chi connectivity index (χ4n) is 5.91. The lowest BCUT2D eigenvalue weighted by Gasteiger charge is -2.43. The molecule has 1 aromatic carbocycles. The summed E-state index contributed by atoms with van der Waals surface area (Å²) in [5, 5.41) is 25.9. The molecule has 2 aromatic rings. The Morgan fingerprint density at radius 2 is 1.36 bits per heavy atom. The summed E-state index contributed by atoms with van der Waals surface area (Å²) < 4.78 is 69.0. The average molecular weight is 609 g/mol. The Labute approximate surface area is 238 Å². The molecule has 0 bridgehead atoms. The molecule has 1 aromatic heterocycles. The number of likely N-dealkylation sites (tertiary alicyclic amines) is 2. The molecule has 2 atom stereocenters. The van der Waals surface area contributed by atoms with Crippen LogP contribution < -0.4 is 0 Å². The van der Waals surface area contributed by atoms with E-state index >= 15 is 0 Å². The van der Waals surface area contributed by atoms with Crippen LogP contribution in [0.2, 0.25) is 0 Å². The minimum atomic E-state index is -5.08. The molecule has 3 N–H and O–H groups in total. The van der Waals surface area contributed by atoms with Gasteiger partial charge in [-0.1, -0.05) is 37.1 Å². The Bertz CT molecular complexity index is 1130. The van der Waals surface area contributed by atoms with Gasteiger partial charge in [0.05, 0.1) is 25.0 Å². The Balaban J connectivity index is 0.000000289. The quantitative estimate of drug-likeness (QED) is 0.399. The van der Waals surface area contributed by atoms with Crippen LogP contribution in [0.1, 0.15) is 61.5 Å². The lowest BCUT2D eigenvalue weighted by Crippen LogP contribution is -2.49. The maximum atomic E-state index is 11.7. The summed E-state index contributed by atoms with van der Waals surface area (Å²) in [6, 6.07) is 13.1. The fourth-order valence-corrected chi connectivity index (χ4v) is 5.91. The van der Waals surface area contributed by atoms with E-state index in [4.69, 9.17) is 24.2 Å². The number of carboxylic acids is 2. The second kappa shape index (κ2) is 13.9. The van der Waals surface area contributed by atoms with Gasteiger partial charge in [-0.3, -0.25) is 9.80 Å². The van der Waals surface area contributed by atoms with Crippen LogP contribution in [0.4, 0.5) is 26.3 Å². The van der Waals surface area contributed by atoms with E-state index in [1.54, 1.807) is 6.26 Å². The van der Waals surface area contributed by atoms with Crippen LogP contribution in [0.3, 0.4) is 0 Å². The number of hydrogen-bond donors (Lipinski definition) is 3. The number of benzene rings is 1. The van der Waals surface area contributed by atoms with Crippen molar-refractivity contribution in [1.29, 1.82) is 0 Å². The monoisotopic (exact) mass is 608 g/mol. The highest BCUT2D eigenvalue weighted by Gasteiger charge is 2.53. The lowest BCUT2D eigenvalue weighted by molar-refractivity contribution is -0.193. The molecular weight excluding hydrogens is 574 g/mol. The van der Waals surface area contributed by atoms with Gasteiger partial charge >= 0.3 is 24.3 Å². The summed E-state index contributed by atoms with van der Waals surface area (Å²) in [4.78, 5) is 22.8. The summed E-state index contributed by atoms with van der Waals surface area (Å²) in [6.07, 6.45) is -1.49. The number of carbonyl (C=O) groups is 2. The van der Waals surface area contributed by atoms with Crippen LogP contribution in [0.15, 0.2) is 47.1 Å². The first-order valence-electron chi connectivity index (χ1n) is 13.5. The first-order valence-corrected chi connectivity index (χ1v) is 13.5. The zero-order valence-electron chi connectivity index (χ0n) is 22.7. The molecule has 3 aliphatic rings. The van der Waals surface area contributed by atoms with Crippen molar-refractivity contribution in [3.63, 3.8) is 0 Å². The molecular formula is C28H34F6N2O6. The van der Waals surface area contributed by atoms with Crippen LogP contribution in [0, 0.1) is 0 Å². The lowest BCUT2D eigenvalue weighted by atomic mass is 9.72. The number of carboxylic acid groups (broad SMARTS) is 2.